The zero-order chi connectivity index (χ0) is 22.2. The van der Waals surface area contributed by atoms with Crippen LogP contribution in [0.1, 0.15) is 40.4 Å². The van der Waals surface area contributed by atoms with Gasteiger partial charge in [-0.3, -0.25) is 9.52 Å². The number of rotatable bonds is 5. The summed E-state index contributed by atoms with van der Waals surface area (Å²) >= 11 is 1.17. The maximum atomic E-state index is 13.3. The lowest BCUT2D eigenvalue weighted by atomic mass is 10.1. The Morgan fingerprint density at radius 3 is 2.61 bits per heavy atom. The molecular formula is C20H21FN4O4S2. The molecule has 8 nitrogen and oxygen atoms in total. The summed E-state index contributed by atoms with van der Waals surface area (Å²) in [6.07, 6.45) is 2.98. The van der Waals surface area contributed by atoms with Crippen LogP contribution in [0.3, 0.4) is 0 Å². The normalized spacial score (nSPS) is 14.6. The molecule has 11 heteroatoms. The summed E-state index contributed by atoms with van der Waals surface area (Å²) in [4.78, 5) is 15.2. The van der Waals surface area contributed by atoms with Gasteiger partial charge in [0.2, 0.25) is 0 Å². The van der Waals surface area contributed by atoms with E-state index in [0.717, 1.165) is 19.3 Å². The molecule has 0 atom stereocenters. The molecule has 164 valence electrons. The Morgan fingerprint density at radius 1 is 1.16 bits per heavy atom. The quantitative estimate of drug-likeness (QED) is 0.612. The van der Waals surface area contributed by atoms with E-state index in [0.29, 0.717) is 34.1 Å². The molecule has 1 N–H and O–H groups in total. The number of likely N-dealkylation sites (tertiary alicyclic amines) is 1. The monoisotopic (exact) mass is 464 g/mol. The van der Waals surface area contributed by atoms with Crippen molar-refractivity contribution in [2.45, 2.75) is 38.0 Å². The maximum absolute atomic E-state index is 13.3. The van der Waals surface area contributed by atoms with E-state index in [4.69, 9.17) is 4.42 Å². The number of hydrogen-bond acceptors (Lipinski definition) is 7. The number of piperidine rings is 1. The van der Waals surface area contributed by atoms with Crippen molar-refractivity contribution in [1.29, 1.82) is 0 Å². The lowest BCUT2D eigenvalue weighted by Gasteiger charge is -2.24. The van der Waals surface area contributed by atoms with E-state index in [-0.39, 0.29) is 22.6 Å². The van der Waals surface area contributed by atoms with E-state index in [9.17, 15) is 17.6 Å². The third kappa shape index (κ3) is 4.47. The van der Waals surface area contributed by atoms with Gasteiger partial charge < -0.3 is 9.32 Å². The predicted molar refractivity (Wildman–Crippen MR) is 114 cm³/mol. The van der Waals surface area contributed by atoms with Gasteiger partial charge >= 0.3 is 11.8 Å². The van der Waals surface area contributed by atoms with E-state index >= 15 is 0 Å². The summed E-state index contributed by atoms with van der Waals surface area (Å²) in [6, 6.07) is 5.25. The molecule has 1 aliphatic rings. The minimum Gasteiger partial charge on any atom is -0.411 e. The van der Waals surface area contributed by atoms with Gasteiger partial charge in [-0.1, -0.05) is 0 Å². The van der Waals surface area contributed by atoms with Gasteiger partial charge in [0.15, 0.2) is 0 Å². The van der Waals surface area contributed by atoms with Gasteiger partial charge in [0.25, 0.3) is 15.9 Å². The topological polar surface area (TPSA) is 105 Å². The van der Waals surface area contributed by atoms with Crippen LogP contribution in [-0.2, 0) is 10.0 Å². The summed E-state index contributed by atoms with van der Waals surface area (Å²) in [5.41, 5.74) is 0.759. The van der Waals surface area contributed by atoms with Gasteiger partial charge in [0.1, 0.15) is 10.7 Å². The molecule has 31 heavy (non-hydrogen) atoms. The van der Waals surface area contributed by atoms with Crippen LogP contribution in [0.5, 0.6) is 0 Å². The zero-order valence-corrected chi connectivity index (χ0v) is 18.6. The second-order valence-electron chi connectivity index (χ2n) is 7.36. The van der Waals surface area contributed by atoms with Crippen LogP contribution in [0.15, 0.2) is 33.6 Å². The number of nitrogens with one attached hydrogen (secondary N) is 1. The van der Waals surface area contributed by atoms with Crippen LogP contribution in [-0.4, -0.2) is 42.5 Å². The highest BCUT2D eigenvalue weighted by Gasteiger charge is 2.26. The number of hydrogen-bond donors (Lipinski definition) is 1. The third-order valence-corrected chi connectivity index (χ3v) is 7.72. The number of carbonyl (C=O) groups excluding carboxylic acids is 1. The second kappa shape index (κ2) is 8.39. The second-order valence-corrected chi connectivity index (χ2v) is 10.3. The van der Waals surface area contributed by atoms with Crippen LogP contribution >= 0.6 is 11.3 Å². The molecule has 3 heterocycles. The van der Waals surface area contributed by atoms with Crippen molar-refractivity contribution in [3.8, 4) is 10.8 Å². The van der Waals surface area contributed by atoms with Crippen LogP contribution in [0.4, 0.5) is 10.1 Å². The number of nitrogens with zero attached hydrogens (tertiary/aromatic N) is 3. The molecule has 1 amide bonds. The minimum absolute atomic E-state index is 0.0540. The van der Waals surface area contributed by atoms with Gasteiger partial charge in [-0.15, -0.1) is 21.5 Å². The summed E-state index contributed by atoms with van der Waals surface area (Å²) in [7, 11) is -3.92. The van der Waals surface area contributed by atoms with Crippen molar-refractivity contribution < 1.29 is 22.0 Å². The molecule has 3 aromatic rings. The largest absolute Gasteiger partial charge is 0.411 e. The van der Waals surface area contributed by atoms with Crippen molar-refractivity contribution >= 4 is 33.0 Å². The van der Waals surface area contributed by atoms with Crippen molar-refractivity contribution in [1.82, 2.24) is 15.1 Å². The van der Waals surface area contributed by atoms with E-state index in [1.165, 1.54) is 35.6 Å². The maximum Gasteiger partial charge on any atom is 0.311 e. The molecule has 0 radical (unpaired) electrons. The Bertz CT molecular complexity index is 1230. The number of anilines is 1. The van der Waals surface area contributed by atoms with Crippen LogP contribution in [0.2, 0.25) is 0 Å². The SMILES string of the molecule is Cc1cc(F)ccc1NS(=O)(=O)c1cc(-c2nnc(C(=O)N3CCCCC3)o2)sc1C. The van der Waals surface area contributed by atoms with Gasteiger partial charge in [-0.25, -0.2) is 12.8 Å². The average molecular weight is 465 g/mol. The number of aromatic nitrogens is 2. The van der Waals surface area contributed by atoms with Crippen molar-refractivity contribution in [3.63, 3.8) is 0 Å². The summed E-state index contributed by atoms with van der Waals surface area (Å²) in [6.45, 7) is 4.60. The first-order valence-corrected chi connectivity index (χ1v) is 12.1. The van der Waals surface area contributed by atoms with Crippen LogP contribution < -0.4 is 4.72 Å². The number of benzene rings is 1. The van der Waals surface area contributed by atoms with Crippen molar-refractivity contribution in [2.24, 2.45) is 0 Å². The molecule has 1 aromatic carbocycles. The number of aryl methyl sites for hydroxylation is 2. The fraction of sp³-hybridized carbons (Fsp3) is 0.350. The Hall–Kier alpha value is -2.79. The first kappa shape index (κ1) is 21.4. The highest BCUT2D eigenvalue weighted by Crippen LogP contribution is 2.34. The lowest BCUT2D eigenvalue weighted by molar-refractivity contribution is 0.0684. The molecule has 1 saturated heterocycles. The Kier molecular flexibility index (Phi) is 5.80. The lowest BCUT2D eigenvalue weighted by Crippen LogP contribution is -2.35. The number of amides is 1. The molecule has 0 saturated carbocycles. The highest BCUT2D eigenvalue weighted by molar-refractivity contribution is 7.93. The highest BCUT2D eigenvalue weighted by atomic mass is 32.2. The average Bonchev–Trinajstić information content (AvgIpc) is 3.37. The Morgan fingerprint density at radius 2 is 1.90 bits per heavy atom. The Labute approximate surface area is 183 Å². The molecule has 1 aliphatic heterocycles. The molecule has 1 fully saturated rings. The summed E-state index contributed by atoms with van der Waals surface area (Å²) < 4.78 is 47.2. The van der Waals surface area contributed by atoms with Crippen LogP contribution in [0, 0.1) is 19.7 Å². The smallest absolute Gasteiger partial charge is 0.311 e. The first-order valence-electron chi connectivity index (χ1n) is 9.77. The standard InChI is InChI=1S/C20H21FN4O4S2/c1-12-10-14(21)6-7-15(12)24-31(27,28)17-11-16(30-13(17)2)18-22-23-19(29-18)20(26)25-8-4-3-5-9-25/h6-7,10-11,24H,3-5,8-9H2,1-2H3. The fourth-order valence-electron chi connectivity index (χ4n) is 3.42. The number of carbonyl (C=O) groups is 1. The minimum atomic E-state index is -3.92. The van der Waals surface area contributed by atoms with Gasteiger partial charge in [-0.2, -0.15) is 0 Å². The predicted octanol–water partition coefficient (Wildman–Crippen LogP) is 3.98. The molecule has 2 aromatic heterocycles. The number of halogens is 1. The first-order chi connectivity index (χ1) is 14.7. The molecule has 0 bridgehead atoms. The van der Waals surface area contributed by atoms with Gasteiger partial charge in [0.05, 0.1) is 10.6 Å². The fourth-order valence-corrected chi connectivity index (χ4v) is 6.07. The van der Waals surface area contributed by atoms with Gasteiger partial charge in [0, 0.05) is 18.0 Å². The van der Waals surface area contributed by atoms with Crippen molar-refractivity contribution in [3.05, 3.63) is 46.4 Å². The van der Waals surface area contributed by atoms with E-state index in [1.807, 2.05) is 0 Å². The van der Waals surface area contributed by atoms with Crippen LogP contribution in [0.25, 0.3) is 10.8 Å². The summed E-state index contributed by atoms with van der Waals surface area (Å²) in [5.74, 6) is -0.769. The molecule has 0 spiro atoms. The molecule has 0 aliphatic carbocycles. The zero-order valence-electron chi connectivity index (χ0n) is 17.0. The number of sulfonamides is 1. The van der Waals surface area contributed by atoms with E-state index in [2.05, 4.69) is 14.9 Å². The summed E-state index contributed by atoms with van der Waals surface area (Å²) in [5, 5.41) is 7.79. The third-order valence-electron chi connectivity index (χ3n) is 5.06. The molecular weight excluding hydrogens is 443 g/mol. The van der Waals surface area contributed by atoms with Crippen molar-refractivity contribution in [2.75, 3.05) is 17.8 Å². The van der Waals surface area contributed by atoms with Gasteiger partial charge in [-0.05, 0) is 62.9 Å². The number of thiophene rings is 1. The molecule has 0 unspecified atom stereocenters. The molecule has 4 rings (SSSR count). The van der Waals surface area contributed by atoms with E-state index < -0.39 is 15.8 Å². The van der Waals surface area contributed by atoms with E-state index in [1.54, 1.807) is 18.7 Å². The Balaban J connectivity index is 1.57.